The minimum absolute atomic E-state index is 0.0233. The molecule has 1 aromatic heterocycles. The number of anilines is 1. The Balaban J connectivity index is 0.00000220. The average Bonchev–Trinajstić information content (AvgIpc) is 4.08. The number of carbonyl (C=O) groups excluding carboxylic acids is 6. The number of amides is 5. The lowest BCUT2D eigenvalue weighted by Crippen LogP contribution is -2.58. The molecule has 0 radical (unpaired) electrons. The van der Waals surface area contributed by atoms with Gasteiger partial charge in [-0.25, -0.2) is 4.98 Å². The van der Waals surface area contributed by atoms with Crippen LogP contribution in [0.15, 0.2) is 72.2 Å². The molecule has 0 unspecified atom stereocenters. The van der Waals surface area contributed by atoms with E-state index in [2.05, 4.69) is 15.6 Å². The van der Waals surface area contributed by atoms with E-state index in [1.165, 1.54) is 4.90 Å². The van der Waals surface area contributed by atoms with Crippen molar-refractivity contribution >= 4 is 58.3 Å². The molecular weight excluding hydrogens is 979 g/mol. The fraction of sp³-hybridized carbons (Fsp3) is 0.500. The van der Waals surface area contributed by atoms with Gasteiger partial charge in [-0.2, -0.15) is 0 Å². The molecule has 3 aliphatic rings. The van der Waals surface area contributed by atoms with Crippen LogP contribution in [0.3, 0.4) is 0 Å². The first-order valence-corrected chi connectivity index (χ1v) is 26.5. The fourth-order valence-electron chi connectivity index (χ4n) is 9.83. The van der Waals surface area contributed by atoms with E-state index in [0.717, 1.165) is 56.6 Å². The fourth-order valence-corrected chi connectivity index (χ4v) is 10.6. The topological polar surface area (TPSA) is 274 Å². The predicted octanol–water partition coefficient (Wildman–Crippen LogP) is 4.95. The van der Waals surface area contributed by atoms with Gasteiger partial charge in [0.15, 0.2) is 5.78 Å². The number of ether oxygens (including phenoxy) is 2. The van der Waals surface area contributed by atoms with Gasteiger partial charge in [0.05, 0.1) is 52.7 Å². The summed E-state index contributed by atoms with van der Waals surface area (Å²) in [6.07, 6.45) is 2.36. The summed E-state index contributed by atoms with van der Waals surface area (Å²) in [5.74, 6) is -3.21. The monoisotopic (exact) mass is 1050 g/mol. The number of nitrogens with two attached hydrogens (primary N) is 2. The molecule has 18 nitrogen and oxygen atoms in total. The smallest absolute Gasteiger partial charge is 0.300 e. The standard InChI is InChI=1S/C54H69N7O9S.C2H4O2/c1-32-49(71-31-58-32)38-17-15-35(16-18-38)27-57-51(66)44-26-41(62)28-60(44)53(68)50(54(3,4)5)59-47(65)30-69-23-7-8-34-11-13-36(14-12-34)29-70-33(2)39(20-22-46(56)64)25-45(63)43-24-40-10-6-9-37-19-21-42(55)52(67)61(43)48(37)40;1-2(3)4/h6,9-18,31,33,39,41-44,50,62H,7-8,19-30,55H2,1-5H3,(H2,56,64)(H,57,66)(H,59,65);1H3,(H,3,4)/t33-,39-,41+,42+,43+,44+,50-;/m1./s1. The van der Waals surface area contributed by atoms with Gasteiger partial charge in [-0.05, 0) is 90.7 Å². The lowest BCUT2D eigenvalue weighted by Gasteiger charge is -2.35. The number of ketones is 1. The van der Waals surface area contributed by atoms with E-state index in [0.29, 0.717) is 45.1 Å². The van der Waals surface area contributed by atoms with E-state index in [9.17, 15) is 33.9 Å². The predicted molar refractivity (Wildman–Crippen MR) is 284 cm³/mol. The molecule has 0 bridgehead atoms. The van der Waals surface area contributed by atoms with E-state index in [-0.39, 0.29) is 75.2 Å². The molecule has 8 N–H and O–H groups in total. The number of likely N-dealkylation sites (tertiary alicyclic amines) is 1. The number of thiazole rings is 1. The molecule has 19 heteroatoms. The Morgan fingerprint density at radius 3 is 2.28 bits per heavy atom. The van der Waals surface area contributed by atoms with Crippen molar-refractivity contribution < 1.29 is 53.2 Å². The molecule has 0 saturated carbocycles. The molecular formula is C56H73N7O11S. The number of carboxylic acids is 1. The van der Waals surface area contributed by atoms with Crippen LogP contribution < -0.4 is 27.0 Å². The van der Waals surface area contributed by atoms with Crippen molar-refractivity contribution in [2.45, 2.75) is 149 Å². The molecule has 3 aliphatic heterocycles. The number of aliphatic hydroxyl groups excluding tert-OH is 1. The van der Waals surface area contributed by atoms with Crippen LogP contribution in [0.4, 0.5) is 5.69 Å². The number of hydrogen-bond acceptors (Lipinski definition) is 13. The van der Waals surface area contributed by atoms with Crippen molar-refractivity contribution in [3.05, 3.63) is 106 Å². The quantitative estimate of drug-likeness (QED) is 0.0570. The number of nitrogens with one attached hydrogen (secondary N) is 2. The molecule has 4 aromatic rings. The molecule has 404 valence electrons. The van der Waals surface area contributed by atoms with E-state index in [4.69, 9.17) is 30.8 Å². The van der Waals surface area contributed by atoms with Crippen LogP contribution in [0.5, 0.6) is 0 Å². The molecule has 5 amide bonds. The van der Waals surface area contributed by atoms with Gasteiger partial charge in [0.25, 0.3) is 5.97 Å². The Morgan fingerprint density at radius 2 is 1.63 bits per heavy atom. The first-order valence-electron chi connectivity index (χ1n) is 25.6. The highest BCUT2D eigenvalue weighted by molar-refractivity contribution is 7.13. The summed E-state index contributed by atoms with van der Waals surface area (Å²) in [5.41, 5.74) is 20.6. The lowest BCUT2D eigenvalue weighted by atomic mass is 9.85. The maximum Gasteiger partial charge on any atom is 0.300 e. The Morgan fingerprint density at radius 1 is 0.960 bits per heavy atom. The highest BCUT2D eigenvalue weighted by Crippen LogP contribution is 2.40. The van der Waals surface area contributed by atoms with Crippen LogP contribution >= 0.6 is 11.3 Å². The number of Topliss-reactive ketones (excluding diaryl/α,β-unsaturated/α-hetero) is 1. The van der Waals surface area contributed by atoms with Gasteiger partial charge in [0.1, 0.15) is 18.7 Å². The first-order chi connectivity index (χ1) is 35.6. The number of carbonyl (C=O) groups is 7. The summed E-state index contributed by atoms with van der Waals surface area (Å²) in [6.45, 7) is 11.0. The third-order valence-corrected chi connectivity index (χ3v) is 14.9. The van der Waals surface area contributed by atoms with E-state index in [1.54, 1.807) is 16.2 Å². The van der Waals surface area contributed by atoms with Gasteiger partial charge >= 0.3 is 0 Å². The van der Waals surface area contributed by atoms with Crippen molar-refractivity contribution in [3.8, 4) is 10.4 Å². The maximum atomic E-state index is 14.0. The van der Waals surface area contributed by atoms with Crippen molar-refractivity contribution in [2.24, 2.45) is 22.8 Å². The number of para-hydroxylation sites is 1. The van der Waals surface area contributed by atoms with Crippen LogP contribution in [0.1, 0.15) is 107 Å². The molecule has 4 heterocycles. The number of aliphatic carboxylic acids is 1. The Labute approximate surface area is 442 Å². The number of hydrogen-bond donors (Lipinski definition) is 6. The molecule has 1 saturated heterocycles. The first kappa shape index (κ1) is 57.9. The molecule has 3 aromatic carbocycles. The van der Waals surface area contributed by atoms with Crippen LogP contribution in [-0.2, 0) is 75.4 Å². The molecule has 1 fully saturated rings. The number of aryl methyl sites for hydroxylation is 3. The van der Waals surface area contributed by atoms with Crippen LogP contribution in [0.25, 0.3) is 10.4 Å². The number of aromatic nitrogens is 1. The van der Waals surface area contributed by atoms with Gasteiger partial charge in [0, 0.05) is 52.3 Å². The summed E-state index contributed by atoms with van der Waals surface area (Å²) in [4.78, 5) is 97.4. The number of primary amides is 1. The summed E-state index contributed by atoms with van der Waals surface area (Å²) in [5, 5.41) is 23.8. The Kier molecular flexibility index (Phi) is 20.4. The van der Waals surface area contributed by atoms with Gasteiger partial charge in [0.2, 0.25) is 29.5 Å². The van der Waals surface area contributed by atoms with Crippen molar-refractivity contribution in [1.82, 2.24) is 20.5 Å². The molecule has 7 atom stereocenters. The molecule has 0 spiro atoms. The lowest BCUT2D eigenvalue weighted by molar-refractivity contribution is -0.144. The third kappa shape index (κ3) is 15.8. The minimum atomic E-state index is -0.971. The summed E-state index contributed by atoms with van der Waals surface area (Å²) in [6, 6.07) is 18.5. The van der Waals surface area contributed by atoms with E-state index in [1.807, 2.05) is 107 Å². The highest BCUT2D eigenvalue weighted by atomic mass is 32.1. The highest BCUT2D eigenvalue weighted by Gasteiger charge is 2.45. The number of aliphatic hydroxyl groups is 1. The largest absolute Gasteiger partial charge is 0.481 e. The second-order valence-corrected chi connectivity index (χ2v) is 21.7. The Bertz CT molecular complexity index is 2650. The number of nitrogens with zero attached hydrogens (tertiary/aromatic N) is 3. The van der Waals surface area contributed by atoms with E-state index >= 15 is 0 Å². The van der Waals surface area contributed by atoms with Gasteiger partial charge < -0.3 is 46.7 Å². The van der Waals surface area contributed by atoms with Crippen LogP contribution in [0, 0.1) is 18.3 Å². The van der Waals surface area contributed by atoms with Crippen LogP contribution in [-0.4, -0.2) is 118 Å². The average molecular weight is 1050 g/mol. The number of β-amino-alcohol motifs (C(OH)–C–C–N with tert-alkyl or cyclic N) is 1. The van der Waals surface area contributed by atoms with Gasteiger partial charge in [-0.1, -0.05) is 87.5 Å². The number of benzene rings is 3. The SMILES string of the molecule is CC(=O)O.Cc1ncsc1-c1ccc(CNC(=O)[C@@H]2C[C@H](O)CN2C(=O)[C@@H](NC(=O)COCCCc2ccc(CO[C@H](C)[C@H](CCC(N)=O)CC(=O)[C@@H]3Cc4cccc5c4N3C(=O)[C@@H](N)CC5)cc2)C(C)(C)C)cc1. The van der Waals surface area contributed by atoms with Gasteiger partial charge in [-0.15, -0.1) is 11.3 Å². The minimum Gasteiger partial charge on any atom is -0.481 e. The maximum absolute atomic E-state index is 14.0. The van der Waals surface area contributed by atoms with Crippen molar-refractivity contribution in [1.29, 1.82) is 0 Å². The number of rotatable bonds is 22. The summed E-state index contributed by atoms with van der Waals surface area (Å²) < 4.78 is 12.0. The second-order valence-electron chi connectivity index (χ2n) is 20.9. The van der Waals surface area contributed by atoms with Gasteiger partial charge in [-0.3, -0.25) is 38.5 Å². The summed E-state index contributed by atoms with van der Waals surface area (Å²) >= 11 is 1.57. The zero-order valence-corrected chi connectivity index (χ0v) is 44.7. The normalized spacial score (nSPS) is 19.2. The number of carboxylic acid groups (broad SMARTS) is 1. The molecule has 7 rings (SSSR count). The molecule has 0 aliphatic carbocycles. The van der Waals surface area contributed by atoms with E-state index < -0.39 is 59.4 Å². The van der Waals surface area contributed by atoms with Crippen molar-refractivity contribution in [3.63, 3.8) is 0 Å². The summed E-state index contributed by atoms with van der Waals surface area (Å²) in [7, 11) is 0. The zero-order valence-electron chi connectivity index (χ0n) is 43.8. The van der Waals surface area contributed by atoms with Crippen LogP contribution in [0.2, 0.25) is 0 Å². The third-order valence-electron chi connectivity index (χ3n) is 13.9. The zero-order chi connectivity index (χ0) is 54.6. The van der Waals surface area contributed by atoms with Crippen molar-refractivity contribution in [2.75, 3.05) is 24.7 Å². The molecule has 75 heavy (non-hydrogen) atoms. The Hall–Kier alpha value is -6.38. The second kappa shape index (κ2) is 26.4.